The predicted octanol–water partition coefficient (Wildman–Crippen LogP) is 3.39. The normalized spacial score (nSPS) is 47.3. The van der Waals surface area contributed by atoms with Gasteiger partial charge in [-0.25, -0.2) is 9.69 Å². The highest BCUT2D eigenvalue weighted by molar-refractivity contribution is 6.04. The summed E-state index contributed by atoms with van der Waals surface area (Å²) in [5, 5.41) is 11.4. The summed E-state index contributed by atoms with van der Waals surface area (Å²) in [6, 6.07) is -0.250. The summed E-state index contributed by atoms with van der Waals surface area (Å²) < 4.78 is 5.90. The number of hydrogen-bond acceptors (Lipinski definition) is 5. The van der Waals surface area contributed by atoms with Gasteiger partial charge in [-0.2, -0.15) is 0 Å². The van der Waals surface area contributed by atoms with Crippen LogP contribution < -0.4 is 0 Å². The molecule has 0 radical (unpaired) electrons. The number of rotatable bonds is 1. The molecule has 162 valence electrons. The number of nitrogens with zero attached hydrogens (tertiary/aromatic N) is 1. The first-order valence-corrected chi connectivity index (χ1v) is 11.2. The lowest BCUT2D eigenvalue weighted by Crippen LogP contribution is -2.61. The lowest BCUT2D eigenvalue weighted by Gasteiger charge is -2.59. The molecular weight excluding hydrogens is 382 g/mol. The van der Waals surface area contributed by atoms with E-state index in [-0.39, 0.29) is 40.9 Å². The highest BCUT2D eigenvalue weighted by Crippen LogP contribution is 2.68. The average molecular weight is 414 g/mol. The Morgan fingerprint density at radius 2 is 1.93 bits per heavy atom. The fraction of sp³-hybridized carbons (Fsp3) is 0.708. The minimum atomic E-state index is -1.17. The molecule has 0 aromatic rings. The van der Waals surface area contributed by atoms with Crippen molar-refractivity contribution >= 4 is 17.8 Å². The monoisotopic (exact) mass is 413 g/mol. The fourth-order valence-corrected chi connectivity index (χ4v) is 7.80. The molecule has 4 fully saturated rings. The zero-order valence-corrected chi connectivity index (χ0v) is 18.2. The second-order valence-electron chi connectivity index (χ2n) is 10.7. The smallest absolute Gasteiger partial charge is 0.417 e. The van der Waals surface area contributed by atoms with E-state index in [1.165, 1.54) is 4.90 Å². The third kappa shape index (κ3) is 2.21. The summed E-state index contributed by atoms with van der Waals surface area (Å²) in [6.07, 6.45) is 7.65. The van der Waals surface area contributed by atoms with Gasteiger partial charge in [-0.15, -0.1) is 0 Å². The molecule has 1 heterocycles. The van der Waals surface area contributed by atoms with Gasteiger partial charge in [-0.05, 0) is 69.9 Å². The zero-order valence-electron chi connectivity index (χ0n) is 18.2. The molecule has 1 N–H and O–H groups in total. The summed E-state index contributed by atoms with van der Waals surface area (Å²) in [6.45, 7) is 7.83. The number of ether oxygens (including phenoxy) is 1. The van der Waals surface area contributed by atoms with Gasteiger partial charge in [0.1, 0.15) is 0 Å². The molecule has 6 nitrogen and oxygen atoms in total. The number of carbonyl (C=O) groups is 3. The number of allylic oxidation sites excluding steroid dienone is 4. The van der Waals surface area contributed by atoms with Crippen LogP contribution in [0.3, 0.4) is 0 Å². The van der Waals surface area contributed by atoms with E-state index < -0.39 is 23.2 Å². The molecule has 1 saturated heterocycles. The molecule has 3 saturated carbocycles. The Morgan fingerprint density at radius 3 is 2.60 bits per heavy atom. The molecular formula is C24H31NO5. The van der Waals surface area contributed by atoms with Crippen molar-refractivity contribution in [1.82, 2.24) is 4.90 Å². The number of aliphatic hydroxyl groups is 1. The second kappa shape index (κ2) is 6.06. The van der Waals surface area contributed by atoms with Crippen LogP contribution in [0, 0.1) is 28.6 Å². The summed E-state index contributed by atoms with van der Waals surface area (Å²) in [5.41, 5.74) is -0.981. The van der Waals surface area contributed by atoms with Crippen LogP contribution in [0.15, 0.2) is 23.8 Å². The van der Waals surface area contributed by atoms with Gasteiger partial charge in [0.25, 0.3) is 5.91 Å². The maximum absolute atomic E-state index is 13.5. The van der Waals surface area contributed by atoms with Gasteiger partial charge >= 0.3 is 6.09 Å². The predicted molar refractivity (Wildman–Crippen MR) is 109 cm³/mol. The molecule has 0 unspecified atom stereocenters. The summed E-state index contributed by atoms with van der Waals surface area (Å²) in [7, 11) is 0. The molecule has 7 atom stereocenters. The zero-order chi connectivity index (χ0) is 21.6. The lowest BCUT2D eigenvalue weighted by atomic mass is 9.46. The number of carbonyl (C=O) groups excluding carboxylic acids is 3. The maximum atomic E-state index is 13.5. The van der Waals surface area contributed by atoms with Crippen LogP contribution >= 0.6 is 0 Å². The van der Waals surface area contributed by atoms with E-state index in [0.717, 1.165) is 24.8 Å². The van der Waals surface area contributed by atoms with E-state index in [2.05, 4.69) is 6.92 Å². The van der Waals surface area contributed by atoms with Gasteiger partial charge in [0.05, 0.1) is 6.10 Å². The SMILES string of the molecule is CC(C)N1C(=O)O[C@@]2(CC[C@H]3[C@@H]4CCC5=CC(=O)C=C[C@]5(C)[C@H]4[C@@H](O)C[C@@]32C)C1=O. The first-order valence-electron chi connectivity index (χ1n) is 11.2. The molecule has 0 aromatic heterocycles. The molecule has 0 bridgehead atoms. The molecule has 4 aliphatic carbocycles. The van der Waals surface area contributed by atoms with E-state index in [9.17, 15) is 19.5 Å². The molecule has 5 rings (SSSR count). The van der Waals surface area contributed by atoms with Crippen LogP contribution in [-0.4, -0.2) is 45.5 Å². The van der Waals surface area contributed by atoms with Gasteiger partial charge in [0.15, 0.2) is 11.4 Å². The van der Waals surface area contributed by atoms with Crippen LogP contribution in [0.25, 0.3) is 0 Å². The van der Waals surface area contributed by atoms with Crippen molar-refractivity contribution in [2.75, 3.05) is 0 Å². The lowest BCUT2D eigenvalue weighted by molar-refractivity contribution is -0.170. The highest BCUT2D eigenvalue weighted by atomic mass is 16.6. The van der Waals surface area contributed by atoms with Crippen molar-refractivity contribution in [2.24, 2.45) is 28.6 Å². The number of imide groups is 1. The highest BCUT2D eigenvalue weighted by Gasteiger charge is 2.73. The first kappa shape index (κ1) is 20.0. The van der Waals surface area contributed by atoms with E-state index in [1.807, 2.05) is 26.8 Å². The third-order valence-electron chi connectivity index (χ3n) is 9.15. The van der Waals surface area contributed by atoms with Crippen LogP contribution in [0.4, 0.5) is 4.79 Å². The fourth-order valence-electron chi connectivity index (χ4n) is 7.80. The Kier molecular flexibility index (Phi) is 4.03. The first-order chi connectivity index (χ1) is 14.0. The summed E-state index contributed by atoms with van der Waals surface area (Å²) >= 11 is 0. The van der Waals surface area contributed by atoms with Crippen LogP contribution in [-0.2, 0) is 14.3 Å². The standard InChI is InChI=1S/C24H31NO5/c1-13(2)25-20(28)24(30-21(25)29)10-8-17-16-6-5-14-11-15(26)7-9-22(14,3)19(16)18(27)12-23(17,24)4/h7,9,11,13,16-19,27H,5-6,8,10,12H2,1-4H3/t16-,17-,18-,19+,22-,23-,24-/m0/s1. The summed E-state index contributed by atoms with van der Waals surface area (Å²) in [4.78, 5) is 39.3. The number of ketones is 1. The van der Waals surface area contributed by atoms with Crippen molar-refractivity contribution in [3.63, 3.8) is 0 Å². The van der Waals surface area contributed by atoms with Crippen LogP contribution in [0.1, 0.15) is 59.8 Å². The molecule has 5 aliphatic rings. The van der Waals surface area contributed by atoms with E-state index in [1.54, 1.807) is 12.2 Å². The average Bonchev–Trinajstić information content (AvgIpc) is 3.09. The Balaban J connectivity index is 1.55. The summed E-state index contributed by atoms with van der Waals surface area (Å²) in [5.74, 6) is 0.206. The van der Waals surface area contributed by atoms with Crippen molar-refractivity contribution in [3.8, 4) is 0 Å². The number of fused-ring (bicyclic) bond motifs is 6. The van der Waals surface area contributed by atoms with Crippen LogP contribution in [0.5, 0.6) is 0 Å². The molecule has 2 amide bonds. The molecule has 6 heteroatoms. The molecule has 1 spiro atoms. The van der Waals surface area contributed by atoms with Crippen molar-refractivity contribution in [1.29, 1.82) is 0 Å². The van der Waals surface area contributed by atoms with E-state index in [0.29, 0.717) is 12.8 Å². The Hall–Kier alpha value is -1.95. The Morgan fingerprint density at radius 1 is 1.20 bits per heavy atom. The van der Waals surface area contributed by atoms with Gasteiger partial charge in [-0.3, -0.25) is 9.59 Å². The minimum absolute atomic E-state index is 0.00323. The second-order valence-corrected chi connectivity index (χ2v) is 10.7. The number of amides is 2. The van der Waals surface area contributed by atoms with E-state index >= 15 is 0 Å². The van der Waals surface area contributed by atoms with Crippen LogP contribution in [0.2, 0.25) is 0 Å². The van der Waals surface area contributed by atoms with Crippen molar-refractivity contribution in [2.45, 2.75) is 77.5 Å². The molecule has 1 aliphatic heterocycles. The third-order valence-corrected chi connectivity index (χ3v) is 9.15. The number of aliphatic hydroxyl groups excluding tert-OH is 1. The number of hydrogen-bond donors (Lipinski definition) is 1. The van der Waals surface area contributed by atoms with E-state index in [4.69, 9.17) is 4.74 Å². The van der Waals surface area contributed by atoms with Gasteiger partial charge in [0.2, 0.25) is 0 Å². The van der Waals surface area contributed by atoms with Gasteiger partial charge < -0.3 is 9.84 Å². The molecule has 30 heavy (non-hydrogen) atoms. The Labute approximate surface area is 177 Å². The molecule has 0 aromatic carbocycles. The quantitative estimate of drug-likeness (QED) is 0.712. The van der Waals surface area contributed by atoms with Gasteiger partial charge in [-0.1, -0.05) is 25.5 Å². The van der Waals surface area contributed by atoms with Gasteiger partial charge in [0, 0.05) is 22.8 Å². The maximum Gasteiger partial charge on any atom is 0.417 e. The Bertz CT molecular complexity index is 905. The largest absolute Gasteiger partial charge is 0.432 e. The van der Waals surface area contributed by atoms with Crippen molar-refractivity contribution < 1.29 is 24.2 Å². The minimum Gasteiger partial charge on any atom is -0.432 e. The topological polar surface area (TPSA) is 83.9 Å². The van der Waals surface area contributed by atoms with Crippen molar-refractivity contribution in [3.05, 3.63) is 23.8 Å².